The SMILES string of the molecule is Cn1cc([N+](=O)[O-])c(NC2CCCC2C(=O)O)n1. The van der Waals surface area contributed by atoms with E-state index in [1.807, 2.05) is 0 Å². The molecule has 1 fully saturated rings. The highest BCUT2D eigenvalue weighted by atomic mass is 16.6. The van der Waals surface area contributed by atoms with Crippen LogP contribution >= 0.6 is 0 Å². The number of nitro groups is 1. The van der Waals surface area contributed by atoms with Gasteiger partial charge in [-0.15, -0.1) is 5.10 Å². The van der Waals surface area contributed by atoms with Gasteiger partial charge in [0.05, 0.1) is 10.8 Å². The Kier molecular flexibility index (Phi) is 3.17. The third-order valence-electron chi connectivity index (χ3n) is 3.16. The van der Waals surface area contributed by atoms with Gasteiger partial charge in [0, 0.05) is 13.1 Å². The number of hydrogen-bond acceptors (Lipinski definition) is 5. The molecule has 2 rings (SSSR count). The quantitative estimate of drug-likeness (QED) is 0.612. The predicted molar refractivity (Wildman–Crippen MR) is 62.2 cm³/mol. The molecule has 2 unspecified atom stereocenters. The number of nitrogens with zero attached hydrogens (tertiary/aromatic N) is 3. The summed E-state index contributed by atoms with van der Waals surface area (Å²) >= 11 is 0. The van der Waals surface area contributed by atoms with E-state index in [1.165, 1.54) is 10.9 Å². The number of rotatable bonds is 4. The average Bonchev–Trinajstić information content (AvgIpc) is 2.85. The van der Waals surface area contributed by atoms with Gasteiger partial charge in [0.25, 0.3) is 0 Å². The van der Waals surface area contributed by atoms with Crippen LogP contribution in [0.2, 0.25) is 0 Å². The predicted octanol–water partition coefficient (Wildman–Crippen LogP) is 0.993. The lowest BCUT2D eigenvalue weighted by atomic mass is 10.0. The Bertz CT molecular complexity index is 484. The fourth-order valence-corrected chi connectivity index (χ4v) is 2.32. The summed E-state index contributed by atoms with van der Waals surface area (Å²) in [6.45, 7) is 0. The molecule has 8 heteroatoms. The van der Waals surface area contributed by atoms with E-state index < -0.39 is 16.8 Å². The van der Waals surface area contributed by atoms with Gasteiger partial charge >= 0.3 is 11.7 Å². The van der Waals surface area contributed by atoms with Crippen molar-refractivity contribution in [1.82, 2.24) is 9.78 Å². The van der Waals surface area contributed by atoms with Crippen molar-refractivity contribution in [3.63, 3.8) is 0 Å². The second-order valence-corrected chi connectivity index (χ2v) is 4.42. The number of nitrogens with one attached hydrogen (secondary N) is 1. The lowest BCUT2D eigenvalue weighted by Gasteiger charge is -2.16. The van der Waals surface area contributed by atoms with Gasteiger partial charge in [0.15, 0.2) is 0 Å². The number of hydrogen-bond donors (Lipinski definition) is 2. The smallest absolute Gasteiger partial charge is 0.330 e. The van der Waals surface area contributed by atoms with Gasteiger partial charge in [-0.25, -0.2) is 0 Å². The average molecular weight is 254 g/mol. The molecule has 1 saturated carbocycles. The number of aliphatic carboxylic acids is 1. The molecular weight excluding hydrogens is 240 g/mol. The standard InChI is InChI=1S/C10H14N4O4/c1-13-5-8(14(17)18)9(12-13)11-7-4-2-3-6(7)10(15)16/h5-7H,2-4H2,1H3,(H,11,12)(H,15,16). The zero-order valence-corrected chi connectivity index (χ0v) is 9.87. The first-order chi connectivity index (χ1) is 8.49. The van der Waals surface area contributed by atoms with E-state index in [0.29, 0.717) is 12.8 Å². The van der Waals surface area contributed by atoms with Crippen LogP contribution in [0.15, 0.2) is 6.20 Å². The number of carboxylic acid groups (broad SMARTS) is 1. The Morgan fingerprint density at radius 1 is 1.67 bits per heavy atom. The molecule has 2 atom stereocenters. The van der Waals surface area contributed by atoms with E-state index in [1.54, 1.807) is 7.05 Å². The van der Waals surface area contributed by atoms with Gasteiger partial charge in [-0.05, 0) is 12.8 Å². The van der Waals surface area contributed by atoms with Crippen LogP contribution in [-0.4, -0.2) is 31.8 Å². The number of carbonyl (C=O) groups is 1. The largest absolute Gasteiger partial charge is 0.481 e. The molecule has 18 heavy (non-hydrogen) atoms. The first-order valence-corrected chi connectivity index (χ1v) is 5.66. The minimum Gasteiger partial charge on any atom is -0.481 e. The molecule has 1 aromatic rings. The maximum absolute atomic E-state index is 11.0. The molecule has 1 heterocycles. The van der Waals surface area contributed by atoms with Crippen LogP contribution in [0.3, 0.4) is 0 Å². The van der Waals surface area contributed by atoms with Crippen molar-refractivity contribution >= 4 is 17.5 Å². The van der Waals surface area contributed by atoms with Crippen LogP contribution in [0.4, 0.5) is 11.5 Å². The fraction of sp³-hybridized carbons (Fsp3) is 0.600. The second-order valence-electron chi connectivity index (χ2n) is 4.42. The number of carboxylic acids is 1. The van der Waals surface area contributed by atoms with Crippen molar-refractivity contribution in [2.45, 2.75) is 25.3 Å². The molecule has 0 radical (unpaired) electrons. The second kappa shape index (κ2) is 4.63. The van der Waals surface area contributed by atoms with Crippen LogP contribution in [0.5, 0.6) is 0 Å². The molecule has 0 aromatic carbocycles. The van der Waals surface area contributed by atoms with Crippen LogP contribution in [-0.2, 0) is 11.8 Å². The third kappa shape index (κ3) is 2.27. The first-order valence-electron chi connectivity index (χ1n) is 5.66. The van der Waals surface area contributed by atoms with Crippen LogP contribution in [0.1, 0.15) is 19.3 Å². The molecule has 0 amide bonds. The Morgan fingerprint density at radius 2 is 2.39 bits per heavy atom. The van der Waals surface area contributed by atoms with Gasteiger partial charge in [0.1, 0.15) is 6.20 Å². The van der Waals surface area contributed by atoms with Gasteiger partial charge in [0.2, 0.25) is 5.82 Å². The van der Waals surface area contributed by atoms with E-state index in [0.717, 1.165) is 6.42 Å². The summed E-state index contributed by atoms with van der Waals surface area (Å²) in [4.78, 5) is 21.3. The van der Waals surface area contributed by atoms with Crippen LogP contribution in [0, 0.1) is 16.0 Å². The summed E-state index contributed by atoms with van der Waals surface area (Å²) in [6, 6.07) is -0.295. The first kappa shape index (κ1) is 12.3. The van der Waals surface area contributed by atoms with Gasteiger partial charge in [-0.3, -0.25) is 19.6 Å². The molecule has 2 N–H and O–H groups in total. The number of aromatic nitrogens is 2. The maximum Gasteiger partial charge on any atom is 0.330 e. The molecule has 0 bridgehead atoms. The number of aryl methyl sites for hydroxylation is 1. The van der Waals surface area contributed by atoms with Crippen molar-refractivity contribution in [2.75, 3.05) is 5.32 Å². The molecule has 1 aliphatic rings. The summed E-state index contributed by atoms with van der Waals surface area (Å²) in [5.41, 5.74) is -0.131. The van der Waals surface area contributed by atoms with Crippen LogP contribution in [0.25, 0.3) is 0 Å². The minimum absolute atomic E-state index is 0.131. The highest BCUT2D eigenvalue weighted by Crippen LogP contribution is 2.31. The van der Waals surface area contributed by atoms with E-state index >= 15 is 0 Å². The van der Waals surface area contributed by atoms with Crippen molar-refractivity contribution in [2.24, 2.45) is 13.0 Å². The molecular formula is C10H14N4O4. The highest BCUT2D eigenvalue weighted by molar-refractivity contribution is 5.72. The molecule has 0 saturated heterocycles. The van der Waals surface area contributed by atoms with Gasteiger partial charge in [-0.2, -0.15) is 0 Å². The summed E-state index contributed by atoms with van der Waals surface area (Å²) in [7, 11) is 1.58. The Hall–Kier alpha value is -2.12. The van der Waals surface area contributed by atoms with E-state index in [2.05, 4.69) is 10.4 Å². The molecule has 0 aliphatic heterocycles. The normalized spacial score (nSPS) is 22.9. The molecule has 1 aliphatic carbocycles. The summed E-state index contributed by atoms with van der Waals surface area (Å²) in [6.07, 6.45) is 3.38. The van der Waals surface area contributed by atoms with E-state index in [4.69, 9.17) is 5.11 Å². The van der Waals surface area contributed by atoms with Crippen molar-refractivity contribution in [3.8, 4) is 0 Å². The van der Waals surface area contributed by atoms with Crippen LogP contribution < -0.4 is 5.32 Å². The molecule has 1 aromatic heterocycles. The molecule has 0 spiro atoms. The van der Waals surface area contributed by atoms with Crippen molar-refractivity contribution in [3.05, 3.63) is 16.3 Å². The summed E-state index contributed by atoms with van der Waals surface area (Å²) in [5.74, 6) is -1.24. The Labute approximate surface area is 103 Å². The highest BCUT2D eigenvalue weighted by Gasteiger charge is 2.34. The Balaban J connectivity index is 2.18. The van der Waals surface area contributed by atoms with Gasteiger partial charge < -0.3 is 10.4 Å². The van der Waals surface area contributed by atoms with Crippen molar-refractivity contribution < 1.29 is 14.8 Å². The maximum atomic E-state index is 11.0. The van der Waals surface area contributed by atoms with E-state index in [-0.39, 0.29) is 17.5 Å². The summed E-state index contributed by atoms with van der Waals surface area (Å²) in [5, 5.41) is 26.7. The van der Waals surface area contributed by atoms with E-state index in [9.17, 15) is 14.9 Å². The fourth-order valence-electron chi connectivity index (χ4n) is 2.32. The third-order valence-corrected chi connectivity index (χ3v) is 3.16. The monoisotopic (exact) mass is 254 g/mol. The Morgan fingerprint density at radius 3 is 3.00 bits per heavy atom. The zero-order chi connectivity index (χ0) is 13.3. The zero-order valence-electron chi connectivity index (χ0n) is 9.87. The number of anilines is 1. The van der Waals surface area contributed by atoms with Crippen molar-refractivity contribution in [1.29, 1.82) is 0 Å². The molecule has 98 valence electrons. The lowest BCUT2D eigenvalue weighted by Crippen LogP contribution is -2.30. The summed E-state index contributed by atoms with van der Waals surface area (Å²) < 4.78 is 1.34. The lowest BCUT2D eigenvalue weighted by molar-refractivity contribution is -0.384. The van der Waals surface area contributed by atoms with Gasteiger partial charge in [-0.1, -0.05) is 6.42 Å². The molecule has 8 nitrogen and oxygen atoms in total. The topological polar surface area (TPSA) is 110 Å². The minimum atomic E-state index is -0.872.